The van der Waals surface area contributed by atoms with Crippen LogP contribution in [0.3, 0.4) is 0 Å². The van der Waals surface area contributed by atoms with Crippen LogP contribution in [-0.2, 0) is 0 Å². The molecule has 0 bridgehead atoms. The van der Waals surface area contributed by atoms with Gasteiger partial charge in [0.25, 0.3) is 13.4 Å². The lowest BCUT2D eigenvalue weighted by Crippen LogP contribution is -2.64. The van der Waals surface area contributed by atoms with Gasteiger partial charge in [0.15, 0.2) is 0 Å². The van der Waals surface area contributed by atoms with Crippen molar-refractivity contribution in [1.82, 2.24) is 4.57 Å². The molecular weight excluding hydrogens is 860 g/mol. The summed E-state index contributed by atoms with van der Waals surface area (Å²) in [6.45, 7) is 11.0. The average molecular weight is 908 g/mol. The SMILES string of the molecule is Cc1ccc(N2c3cccc(C)c3B3c4cc5c(cc4Oc4cc(-c6ccccc6)cc2c43)N(c2ccc(C)cc2)c2cc(-c3ccccc3)cc3c2B5c2cc(C)cc4c5cc(C)ccc5n-3c24)cc1. The summed E-state index contributed by atoms with van der Waals surface area (Å²) in [5, 5.41) is 2.60. The summed E-state index contributed by atoms with van der Waals surface area (Å²) in [7, 11) is 0. The van der Waals surface area contributed by atoms with Crippen molar-refractivity contribution in [2.24, 2.45) is 0 Å². The highest BCUT2D eigenvalue weighted by Crippen LogP contribution is 2.48. The van der Waals surface area contributed by atoms with Gasteiger partial charge in [0.2, 0.25) is 0 Å². The first-order valence-electron chi connectivity index (χ1n) is 25.0. The van der Waals surface area contributed by atoms with Crippen molar-refractivity contribution in [3.8, 4) is 39.4 Å². The lowest BCUT2D eigenvalue weighted by atomic mass is 9.30. The van der Waals surface area contributed by atoms with E-state index in [0.717, 1.165) is 45.4 Å². The minimum absolute atomic E-state index is 0.0579. The van der Waals surface area contributed by atoms with Crippen molar-refractivity contribution in [1.29, 1.82) is 0 Å². The Morgan fingerprint density at radius 2 is 0.958 bits per heavy atom. The van der Waals surface area contributed by atoms with Gasteiger partial charge in [-0.1, -0.05) is 143 Å². The van der Waals surface area contributed by atoms with Crippen molar-refractivity contribution >= 4 is 102 Å². The molecule has 1 aromatic heterocycles. The molecule has 0 saturated carbocycles. The number of fused-ring (bicyclic) bond motifs is 11. The summed E-state index contributed by atoms with van der Waals surface area (Å²) in [5.74, 6) is 1.79. The number of anilines is 6. The molecule has 11 aromatic rings. The first-order valence-corrected chi connectivity index (χ1v) is 25.0. The van der Waals surface area contributed by atoms with Crippen LogP contribution in [0.4, 0.5) is 34.1 Å². The second kappa shape index (κ2) is 14.8. The molecule has 0 atom stereocenters. The van der Waals surface area contributed by atoms with Gasteiger partial charge in [-0.15, -0.1) is 0 Å². The highest BCUT2D eigenvalue weighted by Gasteiger charge is 2.47. The molecule has 4 nitrogen and oxygen atoms in total. The summed E-state index contributed by atoms with van der Waals surface area (Å²) in [4.78, 5) is 5.02. The van der Waals surface area contributed by atoms with E-state index in [1.165, 1.54) is 111 Å². The third kappa shape index (κ3) is 5.76. The first-order chi connectivity index (χ1) is 34.8. The van der Waals surface area contributed by atoms with Gasteiger partial charge in [-0.05, 0) is 162 Å². The van der Waals surface area contributed by atoms with Crippen LogP contribution in [0.25, 0.3) is 49.7 Å². The second-order valence-corrected chi connectivity index (χ2v) is 20.4. The van der Waals surface area contributed by atoms with E-state index in [1.807, 2.05) is 0 Å². The van der Waals surface area contributed by atoms with Crippen LogP contribution in [0, 0.1) is 34.6 Å². The molecule has 15 rings (SSSR count). The van der Waals surface area contributed by atoms with Gasteiger partial charge in [-0.3, -0.25) is 0 Å². The Bertz CT molecular complexity index is 4090. The maximum atomic E-state index is 7.53. The monoisotopic (exact) mass is 907 g/mol. The topological polar surface area (TPSA) is 20.6 Å². The van der Waals surface area contributed by atoms with Crippen molar-refractivity contribution in [3.05, 3.63) is 222 Å². The van der Waals surface area contributed by atoms with E-state index in [2.05, 4.69) is 243 Å². The zero-order chi connectivity index (χ0) is 47.4. The molecule has 0 N–H and O–H groups in total. The number of hydrogen-bond acceptors (Lipinski definition) is 3. The molecule has 71 heavy (non-hydrogen) atoms. The second-order valence-electron chi connectivity index (χ2n) is 20.4. The minimum atomic E-state index is -0.0820. The molecule has 0 amide bonds. The Balaban J connectivity index is 1.06. The molecular formula is C65H47B2N3O. The molecule has 0 unspecified atom stereocenters. The van der Waals surface area contributed by atoms with Gasteiger partial charge in [0.1, 0.15) is 11.5 Å². The Morgan fingerprint density at radius 1 is 0.352 bits per heavy atom. The van der Waals surface area contributed by atoms with E-state index < -0.39 is 0 Å². The quantitative estimate of drug-likeness (QED) is 0.164. The summed E-state index contributed by atoms with van der Waals surface area (Å²) < 4.78 is 10.1. The van der Waals surface area contributed by atoms with Crippen LogP contribution < -0.4 is 47.3 Å². The zero-order valence-electron chi connectivity index (χ0n) is 40.4. The molecule has 4 aliphatic rings. The predicted octanol–water partition coefficient (Wildman–Crippen LogP) is 12.7. The molecule has 0 radical (unpaired) electrons. The molecule has 5 heterocycles. The maximum absolute atomic E-state index is 7.53. The van der Waals surface area contributed by atoms with Gasteiger partial charge in [-0.25, -0.2) is 0 Å². The van der Waals surface area contributed by atoms with E-state index in [-0.39, 0.29) is 13.4 Å². The summed E-state index contributed by atoms with van der Waals surface area (Å²) in [5.41, 5.74) is 29.3. The molecule has 4 aliphatic heterocycles. The van der Waals surface area contributed by atoms with Crippen LogP contribution in [-0.4, -0.2) is 18.0 Å². The van der Waals surface area contributed by atoms with E-state index >= 15 is 0 Å². The van der Waals surface area contributed by atoms with Crippen LogP contribution in [0.5, 0.6) is 11.5 Å². The highest BCUT2D eigenvalue weighted by molar-refractivity contribution is 7.02. The minimum Gasteiger partial charge on any atom is -0.458 e. The van der Waals surface area contributed by atoms with E-state index in [0.29, 0.717) is 0 Å². The van der Waals surface area contributed by atoms with Gasteiger partial charge in [0, 0.05) is 62.2 Å². The van der Waals surface area contributed by atoms with E-state index in [4.69, 9.17) is 4.74 Å². The van der Waals surface area contributed by atoms with E-state index in [1.54, 1.807) is 0 Å². The fourth-order valence-electron chi connectivity index (χ4n) is 12.8. The van der Waals surface area contributed by atoms with Gasteiger partial charge < -0.3 is 19.1 Å². The van der Waals surface area contributed by atoms with E-state index in [9.17, 15) is 0 Å². The Hall–Kier alpha value is -8.47. The Kier molecular flexibility index (Phi) is 8.41. The zero-order valence-corrected chi connectivity index (χ0v) is 40.4. The number of nitrogens with zero attached hydrogens (tertiary/aromatic N) is 3. The molecule has 6 heteroatoms. The van der Waals surface area contributed by atoms with Crippen LogP contribution in [0.2, 0.25) is 0 Å². The lowest BCUT2D eigenvalue weighted by molar-refractivity contribution is 0.488. The normalized spacial score (nSPS) is 13.4. The fraction of sp³-hybridized carbons (Fsp3) is 0.0769. The van der Waals surface area contributed by atoms with Gasteiger partial charge >= 0.3 is 0 Å². The maximum Gasteiger partial charge on any atom is 0.256 e. The molecule has 0 saturated heterocycles. The Labute approximate surface area is 415 Å². The van der Waals surface area contributed by atoms with Crippen LogP contribution in [0.15, 0.2) is 194 Å². The number of hydrogen-bond donors (Lipinski definition) is 0. The Morgan fingerprint density at radius 3 is 1.65 bits per heavy atom. The smallest absolute Gasteiger partial charge is 0.256 e. The van der Waals surface area contributed by atoms with Crippen LogP contribution in [0.1, 0.15) is 27.8 Å². The number of rotatable bonds is 4. The molecule has 334 valence electrons. The standard InChI is InChI=1S/C65H47B2N3O/c1-38-19-24-47(25-20-38)68-55-18-12-13-42(5)62(55)67-52-36-51-56(37-60(52)71-61-35-46(34-59(68)64(61)67)44-16-10-7-11-17-44)69(48-26-21-39(2)22-27-48)57-32-45(43-14-8-6-9-15-43)33-58-63(57)66(51)53-31-41(4)30-50-49-29-40(3)23-28-54(49)70(58)65(50)53/h6-37H,1-5H3. The van der Waals surface area contributed by atoms with Crippen LogP contribution >= 0.6 is 0 Å². The summed E-state index contributed by atoms with van der Waals surface area (Å²) in [6, 6.07) is 73.0. The highest BCUT2D eigenvalue weighted by atomic mass is 16.5. The van der Waals surface area contributed by atoms with Crippen molar-refractivity contribution in [3.63, 3.8) is 0 Å². The lowest BCUT2D eigenvalue weighted by Gasteiger charge is -2.43. The molecule has 10 aromatic carbocycles. The first kappa shape index (κ1) is 40.4. The fourth-order valence-corrected chi connectivity index (χ4v) is 12.8. The number of aryl methyl sites for hydroxylation is 5. The number of ether oxygens (including phenoxy) is 1. The van der Waals surface area contributed by atoms with Gasteiger partial charge in [-0.2, -0.15) is 0 Å². The van der Waals surface area contributed by atoms with Crippen molar-refractivity contribution < 1.29 is 4.74 Å². The third-order valence-corrected chi connectivity index (χ3v) is 15.9. The largest absolute Gasteiger partial charge is 0.458 e. The molecule has 0 aliphatic carbocycles. The van der Waals surface area contributed by atoms with Gasteiger partial charge in [0.05, 0.1) is 5.52 Å². The number of benzene rings is 10. The molecule has 0 spiro atoms. The summed E-state index contributed by atoms with van der Waals surface area (Å²) >= 11 is 0. The average Bonchev–Trinajstić information content (AvgIpc) is 3.71. The summed E-state index contributed by atoms with van der Waals surface area (Å²) in [6.07, 6.45) is 0. The van der Waals surface area contributed by atoms with Crippen molar-refractivity contribution in [2.75, 3.05) is 9.80 Å². The third-order valence-electron chi connectivity index (χ3n) is 15.9. The predicted molar refractivity (Wildman–Crippen MR) is 301 cm³/mol. The molecule has 0 fully saturated rings. The van der Waals surface area contributed by atoms with Crippen molar-refractivity contribution in [2.45, 2.75) is 34.6 Å². The number of aromatic nitrogens is 1.